The summed E-state index contributed by atoms with van der Waals surface area (Å²) in [6.45, 7) is 2.29. The fourth-order valence-electron chi connectivity index (χ4n) is 3.21. The van der Waals surface area contributed by atoms with E-state index in [1.54, 1.807) is 7.11 Å². The molecule has 2 unspecified atom stereocenters. The molecule has 20 heavy (non-hydrogen) atoms. The van der Waals surface area contributed by atoms with Gasteiger partial charge in [0.2, 0.25) is 0 Å². The lowest BCUT2D eigenvalue weighted by Crippen LogP contribution is -2.18. The second kappa shape index (κ2) is 7.78. The molecule has 0 aliphatic heterocycles. The van der Waals surface area contributed by atoms with Crippen molar-refractivity contribution >= 4 is 17.3 Å². The molecule has 0 amide bonds. The van der Waals surface area contributed by atoms with Gasteiger partial charge in [0.1, 0.15) is 5.75 Å². The first kappa shape index (κ1) is 15.5. The van der Waals surface area contributed by atoms with Crippen LogP contribution in [0.5, 0.6) is 5.75 Å². The third-order valence-electron chi connectivity index (χ3n) is 4.31. The van der Waals surface area contributed by atoms with Crippen molar-refractivity contribution < 1.29 is 4.74 Å². The summed E-state index contributed by atoms with van der Waals surface area (Å²) in [6.07, 6.45) is 9.34. The van der Waals surface area contributed by atoms with E-state index in [-0.39, 0.29) is 0 Å². The maximum atomic E-state index is 6.18. The van der Waals surface area contributed by atoms with Gasteiger partial charge in [-0.1, -0.05) is 44.2 Å². The first-order valence-electron chi connectivity index (χ1n) is 7.83. The molecule has 1 aromatic carbocycles. The average molecular weight is 296 g/mol. The molecule has 1 aliphatic rings. The van der Waals surface area contributed by atoms with Crippen molar-refractivity contribution in [3.05, 3.63) is 23.2 Å². The molecule has 1 aliphatic carbocycles. The molecule has 0 aromatic heterocycles. The Morgan fingerprint density at radius 3 is 2.80 bits per heavy atom. The van der Waals surface area contributed by atoms with E-state index in [4.69, 9.17) is 16.3 Å². The number of benzene rings is 1. The largest absolute Gasteiger partial charge is 0.495 e. The fraction of sp³-hybridized carbons (Fsp3) is 0.647. The number of hydrogen-bond acceptors (Lipinski definition) is 2. The van der Waals surface area contributed by atoms with E-state index in [0.717, 1.165) is 17.4 Å². The van der Waals surface area contributed by atoms with Crippen LogP contribution in [0.15, 0.2) is 18.2 Å². The SMILES string of the molecule is CCCC1CCCC(Nc2ccc(OC)c(Cl)c2)CC1. The predicted molar refractivity (Wildman–Crippen MR) is 86.9 cm³/mol. The standard InChI is InChI=1S/C17H26ClNO/c1-3-5-13-6-4-7-14(9-8-13)19-15-10-11-17(20-2)16(18)12-15/h10-14,19H,3-9H2,1-2H3. The second-order valence-corrected chi connectivity index (χ2v) is 6.26. The Morgan fingerprint density at radius 1 is 1.25 bits per heavy atom. The van der Waals surface area contributed by atoms with Crippen molar-refractivity contribution in [1.29, 1.82) is 0 Å². The molecule has 0 saturated heterocycles. The molecule has 0 radical (unpaired) electrons. The Labute approximate surface area is 127 Å². The molecule has 0 bridgehead atoms. The summed E-state index contributed by atoms with van der Waals surface area (Å²) in [5, 5.41) is 4.31. The van der Waals surface area contributed by atoms with E-state index < -0.39 is 0 Å². The monoisotopic (exact) mass is 295 g/mol. The highest BCUT2D eigenvalue weighted by molar-refractivity contribution is 6.32. The normalized spacial score (nSPS) is 23.1. The molecule has 3 heteroatoms. The molecular formula is C17H26ClNO. The van der Waals surface area contributed by atoms with Gasteiger partial charge in [-0.25, -0.2) is 0 Å². The molecule has 112 valence electrons. The van der Waals surface area contributed by atoms with Crippen LogP contribution in [0.1, 0.15) is 51.9 Å². The Bertz CT molecular complexity index is 421. The minimum atomic E-state index is 0.585. The lowest BCUT2D eigenvalue weighted by Gasteiger charge is -2.18. The van der Waals surface area contributed by atoms with Gasteiger partial charge in [0, 0.05) is 11.7 Å². The zero-order valence-corrected chi connectivity index (χ0v) is 13.4. The van der Waals surface area contributed by atoms with Crippen LogP contribution in [-0.4, -0.2) is 13.2 Å². The number of halogens is 1. The lowest BCUT2D eigenvalue weighted by atomic mass is 9.95. The quantitative estimate of drug-likeness (QED) is 0.723. The molecule has 0 heterocycles. The molecule has 2 atom stereocenters. The molecule has 1 fully saturated rings. The van der Waals surface area contributed by atoms with Crippen molar-refractivity contribution in [2.45, 2.75) is 57.9 Å². The number of rotatable bonds is 5. The van der Waals surface area contributed by atoms with E-state index in [1.807, 2.05) is 12.1 Å². The number of hydrogen-bond donors (Lipinski definition) is 1. The summed E-state index contributed by atoms with van der Waals surface area (Å²) in [7, 11) is 1.65. The Hall–Kier alpha value is -0.890. The van der Waals surface area contributed by atoms with Crippen LogP contribution >= 0.6 is 11.6 Å². The molecule has 2 rings (SSSR count). The van der Waals surface area contributed by atoms with Gasteiger partial charge in [0.05, 0.1) is 12.1 Å². The third kappa shape index (κ3) is 4.31. The minimum absolute atomic E-state index is 0.585. The summed E-state index contributed by atoms with van der Waals surface area (Å²) in [4.78, 5) is 0. The average Bonchev–Trinajstić information content (AvgIpc) is 2.65. The summed E-state index contributed by atoms with van der Waals surface area (Å²) in [6, 6.07) is 6.54. The maximum Gasteiger partial charge on any atom is 0.137 e. The van der Waals surface area contributed by atoms with Crippen LogP contribution in [-0.2, 0) is 0 Å². The van der Waals surface area contributed by atoms with Crippen molar-refractivity contribution in [3.63, 3.8) is 0 Å². The summed E-state index contributed by atoms with van der Waals surface area (Å²) < 4.78 is 5.19. The number of anilines is 1. The van der Waals surface area contributed by atoms with Crippen LogP contribution in [0.3, 0.4) is 0 Å². The maximum absolute atomic E-state index is 6.18. The topological polar surface area (TPSA) is 21.3 Å². The van der Waals surface area contributed by atoms with Gasteiger partial charge in [0.15, 0.2) is 0 Å². The van der Waals surface area contributed by atoms with E-state index in [1.165, 1.54) is 44.9 Å². The third-order valence-corrected chi connectivity index (χ3v) is 4.60. The van der Waals surface area contributed by atoms with Crippen LogP contribution in [0.25, 0.3) is 0 Å². The fourth-order valence-corrected chi connectivity index (χ4v) is 3.47. The highest BCUT2D eigenvalue weighted by atomic mass is 35.5. The van der Waals surface area contributed by atoms with Gasteiger partial charge in [0.25, 0.3) is 0 Å². The molecular weight excluding hydrogens is 270 g/mol. The zero-order valence-electron chi connectivity index (χ0n) is 12.6. The Balaban J connectivity index is 1.91. The van der Waals surface area contributed by atoms with Crippen molar-refractivity contribution in [2.24, 2.45) is 5.92 Å². The van der Waals surface area contributed by atoms with Crippen LogP contribution < -0.4 is 10.1 Å². The number of methoxy groups -OCH3 is 1. The van der Waals surface area contributed by atoms with Gasteiger partial charge < -0.3 is 10.1 Å². The van der Waals surface area contributed by atoms with Gasteiger partial charge >= 0.3 is 0 Å². The minimum Gasteiger partial charge on any atom is -0.495 e. The van der Waals surface area contributed by atoms with E-state index in [0.29, 0.717) is 11.1 Å². The summed E-state index contributed by atoms with van der Waals surface area (Å²) >= 11 is 6.18. The predicted octanol–water partition coefficient (Wildman–Crippen LogP) is 5.51. The molecule has 2 nitrogen and oxygen atoms in total. The summed E-state index contributed by atoms with van der Waals surface area (Å²) in [5.41, 5.74) is 1.11. The van der Waals surface area contributed by atoms with Crippen LogP contribution in [0.2, 0.25) is 5.02 Å². The first-order valence-corrected chi connectivity index (χ1v) is 8.20. The van der Waals surface area contributed by atoms with Crippen molar-refractivity contribution in [1.82, 2.24) is 0 Å². The smallest absolute Gasteiger partial charge is 0.137 e. The van der Waals surface area contributed by atoms with E-state index in [9.17, 15) is 0 Å². The number of ether oxygens (including phenoxy) is 1. The highest BCUT2D eigenvalue weighted by Crippen LogP contribution is 2.31. The molecule has 1 aromatic rings. The Kier molecular flexibility index (Phi) is 6.03. The van der Waals surface area contributed by atoms with Gasteiger partial charge in [-0.15, -0.1) is 0 Å². The second-order valence-electron chi connectivity index (χ2n) is 5.85. The van der Waals surface area contributed by atoms with E-state index in [2.05, 4.69) is 18.3 Å². The lowest BCUT2D eigenvalue weighted by molar-refractivity contribution is 0.415. The van der Waals surface area contributed by atoms with E-state index >= 15 is 0 Å². The molecule has 1 N–H and O–H groups in total. The van der Waals surface area contributed by atoms with Gasteiger partial charge in [-0.05, 0) is 43.4 Å². The van der Waals surface area contributed by atoms with Gasteiger partial charge in [-0.3, -0.25) is 0 Å². The number of nitrogens with one attached hydrogen (secondary N) is 1. The van der Waals surface area contributed by atoms with Crippen molar-refractivity contribution in [2.75, 3.05) is 12.4 Å². The first-order chi connectivity index (χ1) is 9.72. The highest BCUT2D eigenvalue weighted by Gasteiger charge is 2.18. The Morgan fingerprint density at radius 2 is 2.10 bits per heavy atom. The van der Waals surface area contributed by atoms with Crippen LogP contribution in [0, 0.1) is 5.92 Å². The van der Waals surface area contributed by atoms with Gasteiger partial charge in [-0.2, -0.15) is 0 Å². The summed E-state index contributed by atoms with van der Waals surface area (Å²) in [5.74, 6) is 1.67. The molecule has 0 spiro atoms. The zero-order chi connectivity index (χ0) is 14.4. The van der Waals surface area contributed by atoms with Crippen LogP contribution in [0.4, 0.5) is 5.69 Å². The molecule has 1 saturated carbocycles. The van der Waals surface area contributed by atoms with Crippen molar-refractivity contribution in [3.8, 4) is 5.75 Å².